The zero-order valence-electron chi connectivity index (χ0n) is 9.94. The van der Waals surface area contributed by atoms with Crippen LogP contribution in [0.5, 0.6) is 11.5 Å². The molecule has 0 amide bonds. The van der Waals surface area contributed by atoms with Crippen molar-refractivity contribution in [3.63, 3.8) is 0 Å². The van der Waals surface area contributed by atoms with Crippen LogP contribution in [-0.4, -0.2) is 34.5 Å². The lowest BCUT2D eigenvalue weighted by molar-refractivity contribution is 0.0690. The Morgan fingerprint density at radius 3 is 2.85 bits per heavy atom. The average Bonchev–Trinajstić information content (AvgIpc) is 2.90. The zero-order valence-corrected chi connectivity index (χ0v) is 11.5. The van der Waals surface area contributed by atoms with E-state index in [9.17, 15) is 9.18 Å². The third kappa shape index (κ3) is 2.01. The summed E-state index contributed by atoms with van der Waals surface area (Å²) in [6.07, 6.45) is 0. The Morgan fingerprint density at radius 1 is 1.40 bits per heavy atom. The molecule has 0 fully saturated rings. The van der Waals surface area contributed by atoms with Crippen LogP contribution in [0.15, 0.2) is 16.6 Å². The van der Waals surface area contributed by atoms with E-state index in [0.29, 0.717) is 12.4 Å². The summed E-state index contributed by atoms with van der Waals surface area (Å²) in [4.78, 5) is 10.9. The highest BCUT2D eigenvalue weighted by atomic mass is 79.9. The second kappa shape index (κ2) is 4.78. The third-order valence-electron chi connectivity index (χ3n) is 2.79. The van der Waals surface area contributed by atoms with Gasteiger partial charge in [0, 0.05) is 6.07 Å². The number of hydrogen-bond acceptors (Lipinski definition) is 4. The molecular formula is C12H8BrFN2O4. The van der Waals surface area contributed by atoms with Gasteiger partial charge in [-0.25, -0.2) is 9.18 Å². The maximum absolute atomic E-state index is 14.3. The molecule has 0 atom stereocenters. The number of aromatic amines is 1. The van der Waals surface area contributed by atoms with Crippen LogP contribution in [0.1, 0.15) is 10.5 Å². The van der Waals surface area contributed by atoms with Gasteiger partial charge in [-0.2, -0.15) is 5.10 Å². The van der Waals surface area contributed by atoms with Gasteiger partial charge in [-0.05, 0) is 22.0 Å². The second-order valence-corrected chi connectivity index (χ2v) is 4.90. The maximum Gasteiger partial charge on any atom is 0.353 e. The van der Waals surface area contributed by atoms with E-state index in [-0.39, 0.29) is 33.8 Å². The molecule has 8 heteroatoms. The van der Waals surface area contributed by atoms with E-state index in [1.807, 2.05) is 0 Å². The summed E-state index contributed by atoms with van der Waals surface area (Å²) in [6, 6.07) is 2.71. The van der Waals surface area contributed by atoms with E-state index in [1.165, 1.54) is 12.1 Å². The molecule has 1 aromatic heterocycles. The molecule has 1 aliphatic heterocycles. The lowest BCUT2D eigenvalue weighted by Gasteiger charge is -2.21. The van der Waals surface area contributed by atoms with Crippen LogP contribution in [0.3, 0.4) is 0 Å². The fourth-order valence-electron chi connectivity index (χ4n) is 1.92. The molecule has 1 aliphatic rings. The molecule has 6 nitrogen and oxygen atoms in total. The topological polar surface area (TPSA) is 84.4 Å². The number of halogens is 2. The lowest BCUT2D eigenvalue weighted by atomic mass is 10.1. The minimum atomic E-state index is -1.18. The van der Waals surface area contributed by atoms with Gasteiger partial charge in [-0.1, -0.05) is 0 Å². The van der Waals surface area contributed by atoms with E-state index in [4.69, 9.17) is 14.6 Å². The first-order chi connectivity index (χ1) is 9.58. The van der Waals surface area contributed by atoms with Crippen LogP contribution >= 0.6 is 15.9 Å². The van der Waals surface area contributed by atoms with Crippen LogP contribution in [-0.2, 0) is 0 Å². The molecule has 2 heterocycles. The quantitative estimate of drug-likeness (QED) is 0.875. The molecule has 0 bridgehead atoms. The van der Waals surface area contributed by atoms with Crippen LogP contribution in [0.25, 0.3) is 11.3 Å². The van der Waals surface area contributed by atoms with E-state index >= 15 is 0 Å². The summed E-state index contributed by atoms with van der Waals surface area (Å²) in [6.45, 7) is 0.655. The van der Waals surface area contributed by atoms with E-state index < -0.39 is 11.8 Å². The fourth-order valence-corrected chi connectivity index (χ4v) is 2.33. The van der Waals surface area contributed by atoms with Gasteiger partial charge in [-0.15, -0.1) is 0 Å². The SMILES string of the molecule is O=C(O)c1cc(-c2c(F)c(Br)cc3c2OCCO3)n[nH]1. The molecule has 0 saturated carbocycles. The molecule has 2 N–H and O–H groups in total. The predicted molar refractivity (Wildman–Crippen MR) is 69.6 cm³/mol. The Bertz CT molecular complexity index is 701. The summed E-state index contributed by atoms with van der Waals surface area (Å²) in [7, 11) is 0. The summed E-state index contributed by atoms with van der Waals surface area (Å²) < 4.78 is 25.3. The van der Waals surface area contributed by atoms with Crippen molar-refractivity contribution in [1.82, 2.24) is 10.2 Å². The first-order valence-corrected chi connectivity index (χ1v) is 6.44. The summed E-state index contributed by atoms with van der Waals surface area (Å²) in [5.41, 5.74) is 0.0747. The van der Waals surface area contributed by atoms with Gasteiger partial charge in [0.15, 0.2) is 17.3 Å². The fraction of sp³-hybridized carbons (Fsp3) is 0.167. The van der Waals surface area contributed by atoms with Crippen LogP contribution in [0, 0.1) is 5.82 Å². The molecule has 2 aromatic rings. The number of nitrogens with zero attached hydrogens (tertiary/aromatic N) is 1. The van der Waals surface area contributed by atoms with Gasteiger partial charge >= 0.3 is 5.97 Å². The van der Waals surface area contributed by atoms with Crippen LogP contribution in [0.2, 0.25) is 0 Å². The molecule has 0 unspecified atom stereocenters. The number of fused-ring (bicyclic) bond motifs is 1. The summed E-state index contributed by atoms with van der Waals surface area (Å²) >= 11 is 3.09. The van der Waals surface area contributed by atoms with Crippen molar-refractivity contribution < 1.29 is 23.8 Å². The van der Waals surface area contributed by atoms with Gasteiger partial charge in [-0.3, -0.25) is 5.10 Å². The average molecular weight is 343 g/mol. The highest BCUT2D eigenvalue weighted by Gasteiger charge is 2.25. The minimum absolute atomic E-state index is 0.0674. The number of H-pyrrole nitrogens is 1. The summed E-state index contributed by atoms with van der Waals surface area (Å²) in [5.74, 6) is -1.15. The molecule has 0 saturated heterocycles. The predicted octanol–water partition coefficient (Wildman–Crippen LogP) is 2.45. The van der Waals surface area contributed by atoms with E-state index in [1.54, 1.807) is 0 Å². The molecular weight excluding hydrogens is 335 g/mol. The number of aromatic carboxylic acids is 1. The number of hydrogen-bond donors (Lipinski definition) is 2. The molecule has 0 radical (unpaired) electrons. The molecule has 104 valence electrons. The smallest absolute Gasteiger partial charge is 0.353 e. The number of nitrogens with one attached hydrogen (secondary N) is 1. The second-order valence-electron chi connectivity index (χ2n) is 4.04. The van der Waals surface area contributed by atoms with Crippen molar-refractivity contribution >= 4 is 21.9 Å². The number of aromatic nitrogens is 2. The minimum Gasteiger partial charge on any atom is -0.486 e. The monoisotopic (exact) mass is 342 g/mol. The highest BCUT2D eigenvalue weighted by molar-refractivity contribution is 9.10. The van der Waals surface area contributed by atoms with Crippen molar-refractivity contribution in [1.29, 1.82) is 0 Å². The summed E-state index contributed by atoms with van der Waals surface area (Å²) in [5, 5.41) is 15.0. The van der Waals surface area contributed by atoms with Gasteiger partial charge in [0.2, 0.25) is 0 Å². The highest BCUT2D eigenvalue weighted by Crippen LogP contribution is 2.44. The van der Waals surface area contributed by atoms with Crippen LogP contribution < -0.4 is 9.47 Å². The Morgan fingerprint density at radius 2 is 2.15 bits per heavy atom. The number of carbonyl (C=O) groups is 1. The first kappa shape index (κ1) is 12.9. The van der Waals surface area contributed by atoms with Gasteiger partial charge in [0.05, 0.1) is 15.7 Å². The largest absolute Gasteiger partial charge is 0.486 e. The zero-order chi connectivity index (χ0) is 14.3. The maximum atomic E-state index is 14.3. The number of carboxylic acids is 1. The molecule has 1 aromatic carbocycles. The van der Waals surface area contributed by atoms with Crippen molar-refractivity contribution in [3.8, 4) is 22.8 Å². The lowest BCUT2D eigenvalue weighted by Crippen LogP contribution is -2.16. The number of ether oxygens (including phenoxy) is 2. The van der Waals surface area contributed by atoms with Crippen molar-refractivity contribution in [2.75, 3.05) is 13.2 Å². The van der Waals surface area contributed by atoms with Crippen molar-refractivity contribution in [2.45, 2.75) is 0 Å². The van der Waals surface area contributed by atoms with Crippen molar-refractivity contribution in [2.24, 2.45) is 0 Å². The Hall–Kier alpha value is -2.09. The van der Waals surface area contributed by atoms with Gasteiger partial charge < -0.3 is 14.6 Å². The van der Waals surface area contributed by atoms with E-state index in [2.05, 4.69) is 26.1 Å². The Kier molecular flexibility index (Phi) is 3.09. The number of carboxylic acid groups (broad SMARTS) is 1. The molecule has 20 heavy (non-hydrogen) atoms. The normalized spacial score (nSPS) is 13.3. The number of benzene rings is 1. The Labute approximate surface area is 120 Å². The van der Waals surface area contributed by atoms with Gasteiger partial charge in [0.1, 0.15) is 18.9 Å². The van der Waals surface area contributed by atoms with E-state index in [0.717, 1.165) is 0 Å². The van der Waals surface area contributed by atoms with Crippen molar-refractivity contribution in [3.05, 3.63) is 28.1 Å². The molecule has 3 rings (SSSR count). The van der Waals surface area contributed by atoms with Gasteiger partial charge in [0.25, 0.3) is 0 Å². The van der Waals surface area contributed by atoms with Crippen LogP contribution in [0.4, 0.5) is 4.39 Å². The number of rotatable bonds is 2. The molecule has 0 spiro atoms. The standard InChI is InChI=1S/C12H8BrFN2O4/c13-5-3-8-11(20-2-1-19-8)9(10(5)14)6-4-7(12(17)18)16-15-6/h3-4H,1-2H2,(H,15,16)(H,17,18). The third-order valence-corrected chi connectivity index (χ3v) is 3.37. The molecule has 0 aliphatic carbocycles. The first-order valence-electron chi connectivity index (χ1n) is 5.64. The Balaban J connectivity index is 2.20.